The van der Waals surface area contributed by atoms with Gasteiger partial charge in [-0.3, -0.25) is 9.78 Å². The Kier molecular flexibility index (Phi) is 5.52. The van der Waals surface area contributed by atoms with Crippen LogP contribution in [0.3, 0.4) is 0 Å². The minimum atomic E-state index is -1.18. The molecule has 1 aromatic carbocycles. The molecule has 126 valence electrons. The molecule has 0 aliphatic rings. The molecule has 1 N–H and O–H groups in total. The lowest BCUT2D eigenvalue weighted by Gasteiger charge is -2.19. The largest absolute Gasteiger partial charge is 0.484 e. The molecule has 0 spiro atoms. The van der Waals surface area contributed by atoms with Crippen molar-refractivity contribution in [2.24, 2.45) is 0 Å². The Morgan fingerprint density at radius 3 is 2.62 bits per heavy atom. The van der Waals surface area contributed by atoms with E-state index in [0.29, 0.717) is 12.2 Å². The Hall–Kier alpha value is -2.89. The maximum atomic E-state index is 11.2. The zero-order valence-electron chi connectivity index (χ0n) is 13.8. The SMILES string of the molecule is CCC(Oc1ccc(C(=O)O)c(OC(C)=O)c1)c1ncccc1C. The average Bonchev–Trinajstić information content (AvgIpc) is 2.52. The van der Waals surface area contributed by atoms with Crippen molar-refractivity contribution >= 4 is 11.9 Å². The third kappa shape index (κ3) is 4.10. The first-order valence-corrected chi connectivity index (χ1v) is 7.56. The Morgan fingerprint density at radius 2 is 2.04 bits per heavy atom. The van der Waals surface area contributed by atoms with Gasteiger partial charge in [0.15, 0.2) is 0 Å². The number of hydrogen-bond donors (Lipinski definition) is 1. The first-order valence-electron chi connectivity index (χ1n) is 7.56. The molecule has 0 bridgehead atoms. The number of carboxylic acids is 1. The second kappa shape index (κ2) is 7.59. The highest BCUT2D eigenvalue weighted by Gasteiger charge is 2.18. The second-order valence-corrected chi connectivity index (χ2v) is 5.28. The van der Waals surface area contributed by atoms with E-state index in [0.717, 1.165) is 11.3 Å². The highest BCUT2D eigenvalue weighted by atomic mass is 16.5. The summed E-state index contributed by atoms with van der Waals surface area (Å²) in [5.74, 6) is -1.40. The Labute approximate surface area is 140 Å². The third-order valence-corrected chi connectivity index (χ3v) is 3.44. The molecule has 0 radical (unpaired) electrons. The number of rotatable bonds is 6. The minimum absolute atomic E-state index is 0.0416. The highest BCUT2D eigenvalue weighted by molar-refractivity contribution is 5.92. The van der Waals surface area contributed by atoms with Gasteiger partial charge in [-0.05, 0) is 37.1 Å². The van der Waals surface area contributed by atoms with Crippen LogP contribution in [0, 0.1) is 6.92 Å². The predicted molar refractivity (Wildman–Crippen MR) is 87.3 cm³/mol. The number of carbonyl (C=O) groups excluding carboxylic acids is 1. The summed E-state index contributed by atoms with van der Waals surface area (Å²) in [5, 5.41) is 9.17. The fourth-order valence-corrected chi connectivity index (χ4v) is 2.32. The van der Waals surface area contributed by atoms with Gasteiger partial charge in [0.05, 0.1) is 5.69 Å². The molecule has 6 nitrogen and oxygen atoms in total. The van der Waals surface area contributed by atoms with E-state index < -0.39 is 11.9 Å². The number of pyridine rings is 1. The molecule has 0 saturated heterocycles. The Bertz CT molecular complexity index is 757. The first kappa shape index (κ1) is 17.5. The Balaban J connectivity index is 2.33. The van der Waals surface area contributed by atoms with Crippen molar-refractivity contribution in [3.63, 3.8) is 0 Å². The molecular formula is C18H19NO5. The van der Waals surface area contributed by atoms with Gasteiger partial charge in [-0.2, -0.15) is 0 Å². The third-order valence-electron chi connectivity index (χ3n) is 3.44. The van der Waals surface area contributed by atoms with E-state index in [1.165, 1.54) is 25.1 Å². The van der Waals surface area contributed by atoms with Crippen molar-refractivity contribution in [1.29, 1.82) is 0 Å². The summed E-state index contributed by atoms with van der Waals surface area (Å²) in [5.41, 5.74) is 1.72. The predicted octanol–water partition coefficient (Wildman–Crippen LogP) is 3.54. The fraction of sp³-hybridized carbons (Fsp3) is 0.278. The standard InChI is InChI=1S/C18H19NO5/c1-4-15(17-11(2)6-5-9-19-17)24-13-7-8-14(18(21)22)16(10-13)23-12(3)20/h5-10,15H,4H2,1-3H3,(H,21,22). The number of hydrogen-bond acceptors (Lipinski definition) is 5. The van der Waals surface area contributed by atoms with Crippen LogP contribution >= 0.6 is 0 Å². The number of ether oxygens (including phenoxy) is 2. The van der Waals surface area contributed by atoms with Crippen LogP contribution in [0.4, 0.5) is 0 Å². The smallest absolute Gasteiger partial charge is 0.339 e. The molecule has 0 aliphatic carbocycles. The van der Waals surface area contributed by atoms with Crippen molar-refractivity contribution in [3.8, 4) is 11.5 Å². The van der Waals surface area contributed by atoms with E-state index in [2.05, 4.69) is 4.98 Å². The summed E-state index contributed by atoms with van der Waals surface area (Å²) >= 11 is 0. The molecule has 0 fully saturated rings. The van der Waals surface area contributed by atoms with E-state index in [9.17, 15) is 9.59 Å². The van der Waals surface area contributed by atoms with Crippen LogP contribution in [0.2, 0.25) is 0 Å². The van der Waals surface area contributed by atoms with Crippen LogP contribution in [0.1, 0.15) is 48.0 Å². The summed E-state index contributed by atoms with van der Waals surface area (Å²) in [6, 6.07) is 8.11. The molecule has 1 unspecified atom stereocenters. The number of benzene rings is 1. The number of carbonyl (C=O) groups is 2. The van der Waals surface area contributed by atoms with Crippen LogP contribution in [0.25, 0.3) is 0 Å². The van der Waals surface area contributed by atoms with Gasteiger partial charge >= 0.3 is 11.9 Å². The lowest BCUT2D eigenvalue weighted by molar-refractivity contribution is -0.131. The molecule has 6 heteroatoms. The number of aromatic nitrogens is 1. The van der Waals surface area contributed by atoms with Crippen LogP contribution in [0.5, 0.6) is 11.5 Å². The Morgan fingerprint density at radius 1 is 1.29 bits per heavy atom. The van der Waals surface area contributed by atoms with Crippen molar-refractivity contribution < 1.29 is 24.2 Å². The van der Waals surface area contributed by atoms with Crippen LogP contribution in [-0.4, -0.2) is 22.0 Å². The monoisotopic (exact) mass is 329 g/mol. The van der Waals surface area contributed by atoms with Gasteiger partial charge in [0.1, 0.15) is 23.2 Å². The van der Waals surface area contributed by atoms with Gasteiger partial charge in [0, 0.05) is 19.2 Å². The van der Waals surface area contributed by atoms with E-state index >= 15 is 0 Å². The number of esters is 1. The van der Waals surface area contributed by atoms with E-state index in [1.54, 1.807) is 6.20 Å². The van der Waals surface area contributed by atoms with Gasteiger partial charge in [-0.1, -0.05) is 13.0 Å². The summed E-state index contributed by atoms with van der Waals surface area (Å²) in [4.78, 5) is 26.8. The molecule has 1 aromatic heterocycles. The first-order chi connectivity index (χ1) is 11.4. The van der Waals surface area contributed by atoms with Crippen molar-refractivity contribution in [1.82, 2.24) is 4.98 Å². The van der Waals surface area contributed by atoms with Gasteiger partial charge in [-0.25, -0.2) is 4.79 Å². The number of aromatic carboxylic acids is 1. The van der Waals surface area contributed by atoms with E-state index in [1.807, 2.05) is 26.0 Å². The summed E-state index contributed by atoms with van der Waals surface area (Å²) in [7, 11) is 0. The van der Waals surface area contributed by atoms with Gasteiger partial charge in [0.2, 0.25) is 0 Å². The average molecular weight is 329 g/mol. The molecule has 0 amide bonds. The molecule has 0 saturated carbocycles. The van der Waals surface area contributed by atoms with Crippen LogP contribution < -0.4 is 9.47 Å². The molecule has 24 heavy (non-hydrogen) atoms. The molecule has 1 atom stereocenters. The molecule has 1 heterocycles. The zero-order valence-corrected chi connectivity index (χ0v) is 13.8. The quantitative estimate of drug-likeness (QED) is 0.644. The molecule has 2 rings (SSSR count). The molecular weight excluding hydrogens is 310 g/mol. The van der Waals surface area contributed by atoms with Crippen molar-refractivity contribution in [3.05, 3.63) is 53.3 Å². The summed E-state index contributed by atoms with van der Waals surface area (Å²) in [6.07, 6.45) is 2.10. The number of aryl methyl sites for hydroxylation is 1. The normalized spacial score (nSPS) is 11.6. The maximum Gasteiger partial charge on any atom is 0.339 e. The number of carboxylic acid groups (broad SMARTS) is 1. The van der Waals surface area contributed by atoms with Gasteiger partial charge in [-0.15, -0.1) is 0 Å². The lowest BCUT2D eigenvalue weighted by Crippen LogP contribution is -2.11. The van der Waals surface area contributed by atoms with Gasteiger partial charge in [0.25, 0.3) is 0 Å². The van der Waals surface area contributed by atoms with Gasteiger partial charge < -0.3 is 14.6 Å². The van der Waals surface area contributed by atoms with E-state index in [4.69, 9.17) is 14.6 Å². The van der Waals surface area contributed by atoms with Crippen molar-refractivity contribution in [2.75, 3.05) is 0 Å². The molecule has 2 aromatic rings. The van der Waals surface area contributed by atoms with Crippen molar-refractivity contribution in [2.45, 2.75) is 33.3 Å². The maximum absolute atomic E-state index is 11.2. The van der Waals surface area contributed by atoms with Crippen LogP contribution in [-0.2, 0) is 4.79 Å². The minimum Gasteiger partial charge on any atom is -0.484 e. The highest BCUT2D eigenvalue weighted by Crippen LogP contribution is 2.30. The molecule has 0 aliphatic heterocycles. The summed E-state index contributed by atoms with van der Waals surface area (Å²) in [6.45, 7) is 5.13. The topological polar surface area (TPSA) is 85.7 Å². The lowest BCUT2D eigenvalue weighted by atomic mass is 10.1. The second-order valence-electron chi connectivity index (χ2n) is 5.28. The zero-order chi connectivity index (χ0) is 17.7. The fourth-order valence-electron chi connectivity index (χ4n) is 2.32. The van der Waals surface area contributed by atoms with E-state index in [-0.39, 0.29) is 17.4 Å². The number of nitrogens with zero attached hydrogens (tertiary/aromatic N) is 1. The summed E-state index contributed by atoms with van der Waals surface area (Å²) < 4.78 is 10.9. The van der Waals surface area contributed by atoms with Crippen LogP contribution in [0.15, 0.2) is 36.5 Å².